The Labute approximate surface area is 135 Å². The van der Waals surface area contributed by atoms with Crippen LogP contribution in [0.15, 0.2) is 46.9 Å². The number of hydrogen-bond acceptors (Lipinski definition) is 4. The Hall–Kier alpha value is -2.41. The second-order valence-corrected chi connectivity index (χ2v) is 5.49. The van der Waals surface area contributed by atoms with E-state index in [2.05, 4.69) is 26.6 Å². The number of amides is 1. The van der Waals surface area contributed by atoms with E-state index in [-0.39, 0.29) is 18.1 Å². The number of nitro groups is 1. The minimum atomic E-state index is -0.468. The minimum Gasteiger partial charge on any atom is -0.375 e. The number of para-hydroxylation sites is 1. The Balaban J connectivity index is 1.99. The first-order chi connectivity index (χ1) is 10.5. The molecule has 0 unspecified atom stereocenters. The molecule has 0 bridgehead atoms. The van der Waals surface area contributed by atoms with Crippen molar-refractivity contribution in [1.82, 2.24) is 0 Å². The van der Waals surface area contributed by atoms with Crippen LogP contribution in [0.4, 0.5) is 17.1 Å². The molecule has 0 heterocycles. The first kappa shape index (κ1) is 16.0. The Morgan fingerprint density at radius 2 is 2.00 bits per heavy atom. The topological polar surface area (TPSA) is 84.3 Å². The third kappa shape index (κ3) is 4.05. The van der Waals surface area contributed by atoms with Crippen LogP contribution >= 0.6 is 15.9 Å². The van der Waals surface area contributed by atoms with Gasteiger partial charge in [-0.25, -0.2) is 0 Å². The van der Waals surface area contributed by atoms with Gasteiger partial charge in [-0.3, -0.25) is 14.9 Å². The fraction of sp³-hybridized carbons (Fsp3) is 0.133. The van der Waals surface area contributed by atoms with E-state index in [1.54, 1.807) is 19.1 Å². The summed E-state index contributed by atoms with van der Waals surface area (Å²) < 4.78 is 0.855. The van der Waals surface area contributed by atoms with Crippen molar-refractivity contribution in [2.45, 2.75) is 6.92 Å². The molecule has 0 aromatic heterocycles. The molecule has 2 aromatic rings. The predicted molar refractivity (Wildman–Crippen MR) is 89.1 cm³/mol. The second kappa shape index (κ2) is 7.04. The summed E-state index contributed by atoms with van der Waals surface area (Å²) in [6.07, 6.45) is 0. The summed E-state index contributed by atoms with van der Waals surface area (Å²) in [6.45, 7) is 1.71. The maximum atomic E-state index is 11.9. The normalized spacial score (nSPS) is 10.1. The fourth-order valence-corrected chi connectivity index (χ4v) is 2.29. The zero-order valence-corrected chi connectivity index (χ0v) is 13.4. The summed E-state index contributed by atoms with van der Waals surface area (Å²) in [5.41, 5.74) is 1.73. The molecule has 0 saturated heterocycles. The van der Waals surface area contributed by atoms with Crippen LogP contribution in [0.2, 0.25) is 0 Å². The molecule has 0 aliphatic rings. The van der Waals surface area contributed by atoms with Gasteiger partial charge in [-0.2, -0.15) is 0 Å². The summed E-state index contributed by atoms with van der Waals surface area (Å²) >= 11 is 3.38. The van der Waals surface area contributed by atoms with E-state index in [9.17, 15) is 14.9 Å². The third-order valence-corrected chi connectivity index (χ3v) is 3.69. The van der Waals surface area contributed by atoms with Crippen molar-refractivity contribution >= 4 is 38.9 Å². The average molecular weight is 364 g/mol. The van der Waals surface area contributed by atoms with E-state index >= 15 is 0 Å². The smallest absolute Gasteiger partial charge is 0.274 e. The number of anilines is 2. The number of nitro benzene ring substituents is 1. The molecule has 0 spiro atoms. The predicted octanol–water partition coefficient (Wildman–Crippen LogP) is 3.72. The van der Waals surface area contributed by atoms with Crippen LogP contribution in [0.5, 0.6) is 0 Å². The van der Waals surface area contributed by atoms with E-state index in [1.165, 1.54) is 6.07 Å². The van der Waals surface area contributed by atoms with E-state index in [1.807, 2.05) is 24.3 Å². The summed E-state index contributed by atoms with van der Waals surface area (Å²) in [4.78, 5) is 22.3. The Morgan fingerprint density at radius 1 is 1.27 bits per heavy atom. The molecule has 22 heavy (non-hydrogen) atoms. The molecule has 1 amide bonds. The SMILES string of the molecule is Cc1ccc(NC(=O)CNc2ccccc2Br)cc1[N+](=O)[O-]. The Bertz CT molecular complexity index is 719. The van der Waals surface area contributed by atoms with Crippen molar-refractivity contribution in [2.75, 3.05) is 17.2 Å². The van der Waals surface area contributed by atoms with Gasteiger partial charge in [-0.1, -0.05) is 18.2 Å². The molecule has 0 aliphatic heterocycles. The number of carbonyl (C=O) groups is 1. The zero-order valence-electron chi connectivity index (χ0n) is 11.8. The highest BCUT2D eigenvalue weighted by Gasteiger charge is 2.12. The van der Waals surface area contributed by atoms with E-state index in [0.29, 0.717) is 11.3 Å². The van der Waals surface area contributed by atoms with E-state index in [0.717, 1.165) is 10.2 Å². The van der Waals surface area contributed by atoms with Crippen molar-refractivity contribution < 1.29 is 9.72 Å². The van der Waals surface area contributed by atoms with Gasteiger partial charge in [0.2, 0.25) is 5.91 Å². The molecule has 2 rings (SSSR count). The first-order valence-electron chi connectivity index (χ1n) is 6.50. The molecule has 2 aromatic carbocycles. The second-order valence-electron chi connectivity index (χ2n) is 4.64. The molecular formula is C15H14BrN3O3. The molecule has 7 heteroatoms. The monoisotopic (exact) mass is 363 g/mol. The van der Waals surface area contributed by atoms with Gasteiger partial charge in [0.25, 0.3) is 5.69 Å². The van der Waals surface area contributed by atoms with Crippen molar-refractivity contribution in [1.29, 1.82) is 0 Å². The highest BCUT2D eigenvalue weighted by molar-refractivity contribution is 9.10. The van der Waals surface area contributed by atoms with Crippen LogP contribution in [0, 0.1) is 17.0 Å². The lowest BCUT2D eigenvalue weighted by Crippen LogP contribution is -2.21. The van der Waals surface area contributed by atoms with Crippen molar-refractivity contribution in [3.63, 3.8) is 0 Å². The van der Waals surface area contributed by atoms with Crippen LogP contribution in [-0.4, -0.2) is 17.4 Å². The quantitative estimate of drug-likeness (QED) is 0.626. The largest absolute Gasteiger partial charge is 0.375 e. The zero-order chi connectivity index (χ0) is 16.1. The standard InChI is InChI=1S/C15H14BrN3O3/c1-10-6-7-11(8-14(10)19(21)22)18-15(20)9-17-13-5-3-2-4-12(13)16/h2-8,17H,9H2,1H3,(H,18,20). The lowest BCUT2D eigenvalue weighted by Gasteiger charge is -2.09. The number of nitrogens with zero attached hydrogens (tertiary/aromatic N) is 1. The Morgan fingerprint density at radius 3 is 2.68 bits per heavy atom. The Kier molecular flexibility index (Phi) is 5.11. The lowest BCUT2D eigenvalue weighted by molar-refractivity contribution is -0.385. The van der Waals surface area contributed by atoms with Crippen molar-refractivity contribution in [2.24, 2.45) is 0 Å². The van der Waals surface area contributed by atoms with Crippen molar-refractivity contribution in [3.05, 3.63) is 62.6 Å². The molecule has 0 atom stereocenters. The van der Waals surface area contributed by atoms with Gasteiger partial charge >= 0.3 is 0 Å². The molecule has 0 radical (unpaired) electrons. The van der Waals surface area contributed by atoms with Crippen LogP contribution < -0.4 is 10.6 Å². The van der Waals surface area contributed by atoms with Crippen LogP contribution in [-0.2, 0) is 4.79 Å². The third-order valence-electron chi connectivity index (χ3n) is 3.00. The maximum Gasteiger partial charge on any atom is 0.274 e. The fourth-order valence-electron chi connectivity index (χ4n) is 1.87. The van der Waals surface area contributed by atoms with Gasteiger partial charge in [0, 0.05) is 27.5 Å². The molecule has 0 aliphatic carbocycles. The summed E-state index contributed by atoms with van der Waals surface area (Å²) in [7, 11) is 0. The highest BCUT2D eigenvalue weighted by atomic mass is 79.9. The van der Waals surface area contributed by atoms with Crippen LogP contribution in [0.1, 0.15) is 5.56 Å². The summed E-state index contributed by atoms with van der Waals surface area (Å²) in [6, 6.07) is 12.0. The van der Waals surface area contributed by atoms with Crippen molar-refractivity contribution in [3.8, 4) is 0 Å². The number of nitrogens with one attached hydrogen (secondary N) is 2. The molecular weight excluding hydrogens is 350 g/mol. The van der Waals surface area contributed by atoms with Gasteiger partial charge in [-0.05, 0) is 41.1 Å². The van der Waals surface area contributed by atoms with E-state index in [4.69, 9.17) is 0 Å². The summed E-state index contributed by atoms with van der Waals surface area (Å²) in [5.74, 6) is -0.283. The van der Waals surface area contributed by atoms with Gasteiger partial charge in [0.15, 0.2) is 0 Å². The lowest BCUT2D eigenvalue weighted by atomic mass is 10.2. The minimum absolute atomic E-state index is 0.0171. The van der Waals surface area contributed by atoms with Gasteiger partial charge in [-0.15, -0.1) is 0 Å². The maximum absolute atomic E-state index is 11.9. The average Bonchev–Trinajstić information content (AvgIpc) is 2.48. The molecule has 2 N–H and O–H groups in total. The summed E-state index contributed by atoms with van der Waals surface area (Å²) in [5, 5.41) is 16.5. The number of carbonyl (C=O) groups excluding carboxylic acids is 1. The molecule has 0 saturated carbocycles. The van der Waals surface area contributed by atoms with E-state index < -0.39 is 4.92 Å². The van der Waals surface area contributed by atoms with Crippen LogP contribution in [0.3, 0.4) is 0 Å². The van der Waals surface area contributed by atoms with Crippen LogP contribution in [0.25, 0.3) is 0 Å². The molecule has 6 nitrogen and oxygen atoms in total. The number of aryl methyl sites for hydroxylation is 1. The number of halogens is 1. The van der Waals surface area contributed by atoms with Gasteiger partial charge in [0.05, 0.1) is 11.5 Å². The molecule has 0 fully saturated rings. The van der Waals surface area contributed by atoms with Gasteiger partial charge < -0.3 is 10.6 Å². The van der Waals surface area contributed by atoms with Gasteiger partial charge in [0.1, 0.15) is 0 Å². The number of hydrogen-bond donors (Lipinski definition) is 2. The number of benzene rings is 2. The highest BCUT2D eigenvalue weighted by Crippen LogP contribution is 2.23. The molecule has 114 valence electrons. The first-order valence-corrected chi connectivity index (χ1v) is 7.30. The number of rotatable bonds is 5.